The lowest BCUT2D eigenvalue weighted by Gasteiger charge is -2.39. The molecule has 0 bridgehead atoms. The smallest absolute Gasteiger partial charge is 0.323 e. The monoisotopic (exact) mass is 355 g/mol. The highest BCUT2D eigenvalue weighted by Crippen LogP contribution is 2.38. The summed E-state index contributed by atoms with van der Waals surface area (Å²) < 4.78 is 5.70. The van der Waals surface area contributed by atoms with Crippen LogP contribution in [0.15, 0.2) is 60.7 Å². The number of carbonyl (C=O) groups is 2. The van der Waals surface area contributed by atoms with Crippen molar-refractivity contribution in [3.63, 3.8) is 0 Å². The van der Waals surface area contributed by atoms with Crippen LogP contribution >= 0.6 is 0 Å². The Morgan fingerprint density at radius 3 is 1.73 bits per heavy atom. The summed E-state index contributed by atoms with van der Waals surface area (Å²) in [6, 6.07) is 17.0. The summed E-state index contributed by atoms with van der Waals surface area (Å²) in [5.74, 6) is -1.63. The molecule has 0 saturated heterocycles. The number of hydrogen-bond donors (Lipinski definition) is 2. The molecule has 5 heteroatoms. The Labute approximate surface area is 153 Å². The average Bonchev–Trinajstić information content (AvgIpc) is 2.55. The second kappa shape index (κ2) is 7.70. The van der Waals surface area contributed by atoms with Crippen molar-refractivity contribution < 1.29 is 19.4 Å². The molecule has 2 aromatic rings. The normalized spacial score (nSPS) is 13.1. The molecule has 1 atom stereocenters. The Kier molecular flexibility index (Phi) is 5.83. The first-order valence-electron chi connectivity index (χ1n) is 8.50. The van der Waals surface area contributed by atoms with Crippen LogP contribution in [-0.2, 0) is 19.7 Å². The van der Waals surface area contributed by atoms with Gasteiger partial charge < -0.3 is 15.6 Å². The molecule has 0 aliphatic rings. The Balaban J connectivity index is 2.75. The third kappa shape index (κ3) is 4.11. The van der Waals surface area contributed by atoms with E-state index in [-0.39, 0.29) is 6.42 Å². The van der Waals surface area contributed by atoms with Crippen LogP contribution in [0.4, 0.5) is 0 Å². The Bertz CT molecular complexity index is 711. The zero-order valence-electron chi connectivity index (χ0n) is 15.3. The topological polar surface area (TPSA) is 89.6 Å². The molecule has 26 heavy (non-hydrogen) atoms. The van der Waals surface area contributed by atoms with E-state index in [9.17, 15) is 14.7 Å². The van der Waals surface area contributed by atoms with Crippen molar-refractivity contribution in [1.29, 1.82) is 0 Å². The maximum atomic E-state index is 13.4. The number of rotatable bonds is 6. The van der Waals surface area contributed by atoms with Gasteiger partial charge in [-0.25, -0.2) is 0 Å². The highest BCUT2D eigenvalue weighted by Gasteiger charge is 2.50. The van der Waals surface area contributed by atoms with Crippen molar-refractivity contribution in [2.45, 2.75) is 44.2 Å². The molecule has 0 saturated carbocycles. The molecule has 138 valence electrons. The van der Waals surface area contributed by atoms with Crippen molar-refractivity contribution in [1.82, 2.24) is 0 Å². The van der Waals surface area contributed by atoms with E-state index in [2.05, 4.69) is 0 Å². The van der Waals surface area contributed by atoms with Crippen LogP contribution in [0.5, 0.6) is 0 Å². The first-order valence-corrected chi connectivity index (χ1v) is 8.50. The number of carbonyl (C=O) groups excluding carboxylic acids is 1. The number of nitrogens with two attached hydrogens (primary N) is 1. The fourth-order valence-electron chi connectivity index (χ4n) is 3.08. The number of benzene rings is 2. The van der Waals surface area contributed by atoms with Gasteiger partial charge in [0.25, 0.3) is 0 Å². The summed E-state index contributed by atoms with van der Waals surface area (Å²) in [7, 11) is 0. The summed E-state index contributed by atoms with van der Waals surface area (Å²) in [6.07, 6.45) is -0.372. The Hall–Kier alpha value is -2.66. The number of ether oxygens (including phenoxy) is 1. The number of esters is 1. The van der Waals surface area contributed by atoms with Crippen LogP contribution in [0.3, 0.4) is 0 Å². The van der Waals surface area contributed by atoms with Gasteiger partial charge in [-0.3, -0.25) is 9.59 Å². The van der Waals surface area contributed by atoms with Gasteiger partial charge in [0.2, 0.25) is 0 Å². The highest BCUT2D eigenvalue weighted by atomic mass is 16.6. The SMILES string of the molecule is CC(C)(C)OC(=O)C(c1ccccc1)(c1ccccc1)C(N)CC(=O)O. The molecule has 1 unspecified atom stereocenters. The lowest BCUT2D eigenvalue weighted by Crippen LogP contribution is -2.55. The number of aliphatic carboxylic acids is 1. The van der Waals surface area contributed by atoms with E-state index >= 15 is 0 Å². The van der Waals surface area contributed by atoms with Gasteiger partial charge in [0.05, 0.1) is 6.42 Å². The summed E-state index contributed by atoms with van der Waals surface area (Å²) >= 11 is 0. The molecule has 0 fully saturated rings. The van der Waals surface area contributed by atoms with Gasteiger partial charge in [-0.2, -0.15) is 0 Å². The van der Waals surface area contributed by atoms with Gasteiger partial charge in [0.1, 0.15) is 11.0 Å². The highest BCUT2D eigenvalue weighted by molar-refractivity contribution is 5.90. The van der Waals surface area contributed by atoms with Crippen LogP contribution in [0, 0.1) is 0 Å². The fraction of sp³-hybridized carbons (Fsp3) is 0.333. The van der Waals surface area contributed by atoms with E-state index in [0.29, 0.717) is 11.1 Å². The number of carboxylic acid groups (broad SMARTS) is 1. The maximum absolute atomic E-state index is 13.4. The quantitative estimate of drug-likeness (QED) is 0.777. The molecule has 0 aliphatic heterocycles. The predicted octanol–water partition coefficient (Wildman–Crippen LogP) is 3.12. The third-order valence-electron chi connectivity index (χ3n) is 4.13. The molecule has 5 nitrogen and oxygen atoms in total. The minimum atomic E-state index is -1.42. The van der Waals surface area contributed by atoms with Crippen LogP contribution < -0.4 is 5.73 Å². The van der Waals surface area contributed by atoms with Crippen molar-refractivity contribution in [3.05, 3.63) is 71.8 Å². The van der Waals surface area contributed by atoms with Crippen LogP contribution in [0.2, 0.25) is 0 Å². The Morgan fingerprint density at radius 2 is 1.38 bits per heavy atom. The molecule has 2 aromatic carbocycles. The van der Waals surface area contributed by atoms with E-state index in [0.717, 1.165) is 0 Å². The first kappa shape index (κ1) is 19.7. The lowest BCUT2D eigenvalue weighted by molar-refractivity contribution is -0.161. The zero-order chi connectivity index (χ0) is 19.4. The minimum Gasteiger partial charge on any atom is -0.481 e. The van der Waals surface area contributed by atoms with Crippen LogP contribution in [0.1, 0.15) is 38.3 Å². The molecule has 0 radical (unpaired) electrons. The maximum Gasteiger partial charge on any atom is 0.323 e. The van der Waals surface area contributed by atoms with Gasteiger partial charge in [-0.05, 0) is 31.9 Å². The van der Waals surface area contributed by atoms with Crippen LogP contribution in [-0.4, -0.2) is 28.7 Å². The number of hydrogen-bond acceptors (Lipinski definition) is 4. The van der Waals surface area contributed by atoms with E-state index in [1.165, 1.54) is 0 Å². The Morgan fingerprint density at radius 1 is 0.962 bits per heavy atom. The van der Waals surface area contributed by atoms with Crippen molar-refractivity contribution in [2.24, 2.45) is 5.73 Å². The largest absolute Gasteiger partial charge is 0.481 e. The molecule has 0 amide bonds. The van der Waals surface area contributed by atoms with Crippen molar-refractivity contribution in [3.8, 4) is 0 Å². The lowest BCUT2D eigenvalue weighted by atomic mass is 9.68. The second-order valence-corrected chi connectivity index (χ2v) is 7.25. The minimum absolute atomic E-state index is 0.372. The van der Waals surface area contributed by atoms with E-state index in [1.807, 2.05) is 12.1 Å². The summed E-state index contributed by atoms with van der Waals surface area (Å²) in [6.45, 7) is 5.32. The summed E-state index contributed by atoms with van der Waals surface area (Å²) in [5, 5.41) is 9.32. The van der Waals surface area contributed by atoms with Crippen molar-refractivity contribution >= 4 is 11.9 Å². The molecule has 0 heterocycles. The molecule has 0 spiro atoms. The molecule has 0 aromatic heterocycles. The molecule has 0 aliphatic carbocycles. The van der Waals surface area contributed by atoms with E-state index in [4.69, 9.17) is 10.5 Å². The zero-order valence-corrected chi connectivity index (χ0v) is 15.3. The second-order valence-electron chi connectivity index (χ2n) is 7.25. The van der Waals surface area contributed by atoms with Gasteiger partial charge in [0.15, 0.2) is 0 Å². The third-order valence-corrected chi connectivity index (χ3v) is 4.13. The molecule has 3 N–H and O–H groups in total. The summed E-state index contributed by atoms with van der Waals surface area (Å²) in [5.41, 5.74) is 5.40. The van der Waals surface area contributed by atoms with Gasteiger partial charge in [0, 0.05) is 6.04 Å². The fourth-order valence-corrected chi connectivity index (χ4v) is 3.08. The first-order chi connectivity index (χ1) is 12.2. The number of carboxylic acids is 1. The molecule has 2 rings (SSSR count). The molecular weight excluding hydrogens is 330 g/mol. The molecular formula is C21H25NO4. The average molecular weight is 355 g/mol. The van der Waals surface area contributed by atoms with Crippen LogP contribution in [0.25, 0.3) is 0 Å². The standard InChI is InChI=1S/C21H25NO4/c1-20(2,3)26-19(25)21(17(22)14-18(23)24,15-10-6-4-7-11-15)16-12-8-5-9-13-16/h4-13,17H,14,22H2,1-3H3,(H,23,24). The van der Waals surface area contributed by atoms with Gasteiger partial charge >= 0.3 is 11.9 Å². The van der Waals surface area contributed by atoms with E-state index in [1.54, 1.807) is 69.3 Å². The van der Waals surface area contributed by atoms with Crippen molar-refractivity contribution in [2.75, 3.05) is 0 Å². The predicted molar refractivity (Wildman–Crippen MR) is 99.7 cm³/mol. The van der Waals surface area contributed by atoms with E-state index < -0.39 is 29.0 Å². The summed E-state index contributed by atoms with van der Waals surface area (Å²) in [4.78, 5) is 24.8. The van der Waals surface area contributed by atoms with Gasteiger partial charge in [-0.1, -0.05) is 60.7 Å². The van der Waals surface area contributed by atoms with Gasteiger partial charge in [-0.15, -0.1) is 0 Å².